The van der Waals surface area contributed by atoms with Crippen molar-refractivity contribution < 1.29 is 24.0 Å². The zero-order valence-electron chi connectivity index (χ0n) is 8.12. The zero-order valence-corrected chi connectivity index (χ0v) is 11.7. The Morgan fingerprint density at radius 3 is 1.45 bits per heavy atom. The van der Waals surface area contributed by atoms with E-state index >= 15 is 0 Å². The monoisotopic (exact) mass is 278 g/mol. The van der Waals surface area contributed by atoms with Crippen LogP contribution in [0.5, 0.6) is 0 Å². The maximum Gasteiger partial charge on any atom is 2.00 e. The molecule has 0 aromatic carbocycles. The molecule has 0 aliphatic carbocycles. The second-order valence-electron chi connectivity index (χ2n) is 2.60. The molecule has 2 heteroatoms. The molecule has 0 saturated carbocycles. The van der Waals surface area contributed by atoms with Crippen LogP contribution in [0.1, 0.15) is 52.9 Å². The smallest absolute Gasteiger partial charge is 1.00 e. The van der Waals surface area contributed by atoms with Gasteiger partial charge in [0.1, 0.15) is 0 Å². The maximum atomic E-state index is 2.26. The standard InChI is InChI=1S/C9H19.HI.Mg/c1-4-7-9(6-3)8-5-2;;/h4-8H2,1-3H3;1H;/q-1;;+2/p-1. The molecule has 0 unspecified atom stereocenters. The van der Waals surface area contributed by atoms with Crippen molar-refractivity contribution in [1.29, 1.82) is 0 Å². The first-order valence-electron chi connectivity index (χ1n) is 4.18. The molecular weight excluding hydrogens is 259 g/mol. The molecule has 0 aliphatic heterocycles. The van der Waals surface area contributed by atoms with Crippen molar-refractivity contribution in [1.82, 2.24) is 0 Å². The second kappa shape index (κ2) is 14.0. The van der Waals surface area contributed by atoms with Crippen LogP contribution in [0.2, 0.25) is 0 Å². The van der Waals surface area contributed by atoms with Crippen molar-refractivity contribution in [2.45, 2.75) is 52.9 Å². The summed E-state index contributed by atoms with van der Waals surface area (Å²) in [7, 11) is 0. The molecule has 11 heavy (non-hydrogen) atoms. The molecule has 0 fully saturated rings. The largest absolute Gasteiger partial charge is 2.00 e. The van der Waals surface area contributed by atoms with Crippen molar-refractivity contribution >= 4 is 23.1 Å². The van der Waals surface area contributed by atoms with Crippen LogP contribution in [-0.2, 0) is 0 Å². The van der Waals surface area contributed by atoms with E-state index in [9.17, 15) is 0 Å². The van der Waals surface area contributed by atoms with Crippen LogP contribution >= 0.6 is 0 Å². The van der Waals surface area contributed by atoms with E-state index in [1.165, 1.54) is 32.1 Å². The fourth-order valence-corrected chi connectivity index (χ4v) is 1.19. The Bertz CT molecular complexity index is 51.5. The molecule has 0 rings (SSSR count). The normalized spacial score (nSPS) is 8.73. The number of halogens is 1. The Hall–Kier alpha value is 1.50. The third-order valence-electron chi connectivity index (χ3n) is 1.71. The Balaban J connectivity index is -0.000000320. The average molecular weight is 278 g/mol. The molecule has 64 valence electrons. The van der Waals surface area contributed by atoms with E-state index in [0.717, 1.165) is 0 Å². The van der Waals surface area contributed by atoms with Gasteiger partial charge >= 0.3 is 23.1 Å². The van der Waals surface area contributed by atoms with E-state index in [-0.39, 0.29) is 47.0 Å². The molecule has 0 bridgehead atoms. The third-order valence-corrected chi connectivity index (χ3v) is 1.71. The van der Waals surface area contributed by atoms with E-state index < -0.39 is 0 Å². The minimum atomic E-state index is 0. The van der Waals surface area contributed by atoms with E-state index in [4.69, 9.17) is 0 Å². The molecule has 0 aromatic heterocycles. The van der Waals surface area contributed by atoms with Crippen LogP contribution in [0.25, 0.3) is 0 Å². The Labute approximate surface area is 105 Å². The SMILES string of the molecule is CCC[C-](CC)CCC.[I-].[Mg+2]. The van der Waals surface area contributed by atoms with Gasteiger partial charge in [-0.15, -0.1) is 0 Å². The summed E-state index contributed by atoms with van der Waals surface area (Å²) in [6, 6.07) is 0. The van der Waals surface area contributed by atoms with Gasteiger partial charge in [0.15, 0.2) is 0 Å². The van der Waals surface area contributed by atoms with E-state index in [0.29, 0.717) is 0 Å². The number of hydrogen-bond acceptors (Lipinski definition) is 0. The molecular formula is C9H19IMg. The number of hydrogen-bond donors (Lipinski definition) is 0. The summed E-state index contributed by atoms with van der Waals surface area (Å²) < 4.78 is 0. The quantitative estimate of drug-likeness (QED) is 0.383. The molecule has 0 atom stereocenters. The molecule has 0 aliphatic rings. The molecule has 0 amide bonds. The van der Waals surface area contributed by atoms with Crippen LogP contribution in [-0.4, -0.2) is 23.1 Å². The third kappa shape index (κ3) is 11.5. The van der Waals surface area contributed by atoms with Crippen molar-refractivity contribution in [2.75, 3.05) is 0 Å². The molecule has 0 nitrogen and oxygen atoms in total. The van der Waals surface area contributed by atoms with E-state index in [1.54, 1.807) is 5.92 Å². The van der Waals surface area contributed by atoms with Gasteiger partial charge in [-0.05, 0) is 0 Å². The Morgan fingerprint density at radius 1 is 0.909 bits per heavy atom. The topological polar surface area (TPSA) is 0 Å². The van der Waals surface area contributed by atoms with Gasteiger partial charge in [-0.3, -0.25) is 0 Å². The average Bonchev–Trinajstić information content (AvgIpc) is 1.88. The Morgan fingerprint density at radius 2 is 1.27 bits per heavy atom. The summed E-state index contributed by atoms with van der Waals surface area (Å²) in [5.41, 5.74) is 0. The number of rotatable bonds is 5. The first-order chi connectivity index (χ1) is 4.35. The predicted molar refractivity (Wildman–Crippen MR) is 49.1 cm³/mol. The summed E-state index contributed by atoms with van der Waals surface area (Å²) >= 11 is 0. The zero-order chi connectivity index (χ0) is 7.11. The van der Waals surface area contributed by atoms with E-state index in [2.05, 4.69) is 20.8 Å². The van der Waals surface area contributed by atoms with Crippen molar-refractivity contribution in [3.05, 3.63) is 5.92 Å². The maximum absolute atomic E-state index is 2.26. The summed E-state index contributed by atoms with van der Waals surface area (Å²) in [6.45, 7) is 6.78. The molecule has 0 saturated heterocycles. The van der Waals surface area contributed by atoms with Gasteiger partial charge in [0.25, 0.3) is 0 Å². The molecule has 0 spiro atoms. The second-order valence-corrected chi connectivity index (χ2v) is 2.60. The van der Waals surface area contributed by atoms with Crippen LogP contribution in [0.3, 0.4) is 0 Å². The fraction of sp³-hybridized carbons (Fsp3) is 0.889. The van der Waals surface area contributed by atoms with Crippen molar-refractivity contribution in [3.63, 3.8) is 0 Å². The van der Waals surface area contributed by atoms with E-state index in [1.807, 2.05) is 0 Å². The first kappa shape index (κ1) is 18.3. The van der Waals surface area contributed by atoms with Crippen molar-refractivity contribution in [2.24, 2.45) is 0 Å². The van der Waals surface area contributed by atoms with Gasteiger partial charge in [0.05, 0.1) is 0 Å². The molecule has 0 heterocycles. The van der Waals surface area contributed by atoms with Crippen LogP contribution in [0, 0.1) is 5.92 Å². The van der Waals surface area contributed by atoms with Gasteiger partial charge in [-0.25, -0.2) is 0 Å². The fourth-order valence-electron chi connectivity index (χ4n) is 1.19. The predicted octanol–water partition coefficient (Wildman–Crippen LogP) is 0.194. The van der Waals surface area contributed by atoms with Gasteiger partial charge in [-0.1, -0.05) is 33.6 Å². The summed E-state index contributed by atoms with van der Waals surface area (Å²) in [6.07, 6.45) is 6.64. The summed E-state index contributed by atoms with van der Waals surface area (Å²) in [5, 5.41) is 0. The minimum Gasteiger partial charge on any atom is -1.00 e. The molecule has 0 radical (unpaired) electrons. The van der Waals surface area contributed by atoms with Crippen LogP contribution in [0.15, 0.2) is 0 Å². The van der Waals surface area contributed by atoms with Gasteiger partial charge in [0, 0.05) is 0 Å². The molecule has 0 aromatic rings. The van der Waals surface area contributed by atoms with Crippen molar-refractivity contribution in [3.8, 4) is 0 Å². The van der Waals surface area contributed by atoms with Crippen LogP contribution in [0.4, 0.5) is 0 Å². The summed E-state index contributed by atoms with van der Waals surface area (Å²) in [5.74, 6) is 1.75. The van der Waals surface area contributed by atoms with Gasteiger partial charge in [-0.2, -0.15) is 19.3 Å². The Kier molecular flexibility index (Phi) is 23.4. The van der Waals surface area contributed by atoms with Gasteiger partial charge in [0.2, 0.25) is 0 Å². The summed E-state index contributed by atoms with van der Waals surface area (Å²) in [4.78, 5) is 0. The van der Waals surface area contributed by atoms with Gasteiger partial charge < -0.3 is 29.9 Å². The minimum absolute atomic E-state index is 0. The molecule has 0 N–H and O–H groups in total. The van der Waals surface area contributed by atoms with Crippen LogP contribution < -0.4 is 24.0 Å². The first-order valence-corrected chi connectivity index (χ1v) is 4.18.